The number of rotatable bonds is 6. The molecule has 1 aliphatic rings. The molecule has 4 nitrogen and oxygen atoms in total. The molecule has 25 heavy (non-hydrogen) atoms. The first kappa shape index (κ1) is 17.8. The SMILES string of the molecule is COc1ccc(CNC(C)c2ccc(N3CCN(C)CC3)cc2)cc1. The molecule has 0 saturated carbocycles. The van der Waals surface area contributed by atoms with E-state index in [0.717, 1.165) is 38.5 Å². The fourth-order valence-corrected chi connectivity index (χ4v) is 3.17. The Labute approximate surface area is 151 Å². The van der Waals surface area contributed by atoms with E-state index in [1.54, 1.807) is 7.11 Å². The average Bonchev–Trinajstić information content (AvgIpc) is 2.67. The molecule has 0 radical (unpaired) electrons. The number of benzene rings is 2. The first-order valence-corrected chi connectivity index (χ1v) is 9.05. The van der Waals surface area contributed by atoms with Crippen molar-refractivity contribution in [2.24, 2.45) is 0 Å². The number of hydrogen-bond acceptors (Lipinski definition) is 4. The van der Waals surface area contributed by atoms with Crippen LogP contribution in [0.5, 0.6) is 5.75 Å². The maximum atomic E-state index is 5.20. The minimum Gasteiger partial charge on any atom is -0.497 e. The van der Waals surface area contributed by atoms with Gasteiger partial charge in [-0.1, -0.05) is 24.3 Å². The normalized spacial score (nSPS) is 16.7. The molecule has 1 heterocycles. The van der Waals surface area contributed by atoms with Gasteiger partial charge in [0.15, 0.2) is 0 Å². The Kier molecular flexibility index (Phi) is 5.95. The number of hydrogen-bond donors (Lipinski definition) is 1. The van der Waals surface area contributed by atoms with E-state index in [1.165, 1.54) is 16.8 Å². The molecule has 0 aromatic heterocycles. The third kappa shape index (κ3) is 4.74. The van der Waals surface area contributed by atoms with Crippen LogP contribution in [0.2, 0.25) is 0 Å². The Bertz CT molecular complexity index is 646. The summed E-state index contributed by atoms with van der Waals surface area (Å²) < 4.78 is 5.20. The first-order valence-electron chi connectivity index (χ1n) is 9.05. The lowest BCUT2D eigenvalue weighted by molar-refractivity contribution is 0.313. The topological polar surface area (TPSA) is 27.7 Å². The molecule has 1 atom stereocenters. The van der Waals surface area contributed by atoms with E-state index >= 15 is 0 Å². The fourth-order valence-electron chi connectivity index (χ4n) is 3.17. The molecule has 0 aliphatic carbocycles. The quantitative estimate of drug-likeness (QED) is 0.874. The van der Waals surface area contributed by atoms with Crippen molar-refractivity contribution < 1.29 is 4.74 Å². The van der Waals surface area contributed by atoms with Gasteiger partial charge < -0.3 is 19.9 Å². The van der Waals surface area contributed by atoms with Gasteiger partial charge in [0.1, 0.15) is 5.75 Å². The van der Waals surface area contributed by atoms with Gasteiger partial charge in [0.25, 0.3) is 0 Å². The number of anilines is 1. The average molecular weight is 339 g/mol. The highest BCUT2D eigenvalue weighted by atomic mass is 16.5. The van der Waals surface area contributed by atoms with Crippen molar-refractivity contribution in [1.82, 2.24) is 10.2 Å². The van der Waals surface area contributed by atoms with Gasteiger partial charge in [0.05, 0.1) is 7.11 Å². The molecule has 134 valence electrons. The van der Waals surface area contributed by atoms with Crippen LogP contribution >= 0.6 is 0 Å². The minimum atomic E-state index is 0.323. The maximum Gasteiger partial charge on any atom is 0.118 e. The molecule has 2 aromatic rings. The Morgan fingerprint density at radius 3 is 2.20 bits per heavy atom. The summed E-state index contributed by atoms with van der Waals surface area (Å²) in [6.45, 7) is 7.57. The molecular formula is C21H29N3O. The number of methoxy groups -OCH3 is 1. The van der Waals surface area contributed by atoms with Crippen LogP contribution in [-0.4, -0.2) is 45.2 Å². The minimum absolute atomic E-state index is 0.323. The fraction of sp³-hybridized carbons (Fsp3) is 0.429. The molecule has 0 spiro atoms. The van der Waals surface area contributed by atoms with E-state index in [0.29, 0.717) is 6.04 Å². The van der Waals surface area contributed by atoms with Crippen molar-refractivity contribution in [3.05, 3.63) is 59.7 Å². The van der Waals surface area contributed by atoms with Crippen LogP contribution in [0, 0.1) is 0 Å². The van der Waals surface area contributed by atoms with Crippen molar-refractivity contribution in [2.45, 2.75) is 19.5 Å². The Hall–Kier alpha value is -2.04. The molecule has 1 aliphatic heterocycles. The van der Waals surface area contributed by atoms with E-state index in [1.807, 2.05) is 12.1 Å². The molecule has 1 N–H and O–H groups in total. The standard InChI is InChI=1S/C21H29N3O/c1-17(22-16-18-4-10-21(25-3)11-5-18)19-6-8-20(9-7-19)24-14-12-23(2)13-15-24/h4-11,17,22H,12-16H2,1-3H3. The smallest absolute Gasteiger partial charge is 0.118 e. The van der Waals surface area contributed by atoms with Crippen LogP contribution in [0.3, 0.4) is 0 Å². The number of nitrogens with one attached hydrogen (secondary N) is 1. The summed E-state index contributed by atoms with van der Waals surface area (Å²) in [5.74, 6) is 0.899. The van der Waals surface area contributed by atoms with Crippen LogP contribution < -0.4 is 15.0 Å². The van der Waals surface area contributed by atoms with Crippen molar-refractivity contribution in [3.8, 4) is 5.75 Å². The van der Waals surface area contributed by atoms with E-state index in [2.05, 4.69) is 65.5 Å². The van der Waals surface area contributed by atoms with E-state index in [4.69, 9.17) is 4.74 Å². The summed E-state index contributed by atoms with van der Waals surface area (Å²) >= 11 is 0. The monoisotopic (exact) mass is 339 g/mol. The Balaban J connectivity index is 1.54. The van der Waals surface area contributed by atoms with Gasteiger partial charge in [0.2, 0.25) is 0 Å². The van der Waals surface area contributed by atoms with Crippen molar-refractivity contribution in [3.63, 3.8) is 0 Å². The highest BCUT2D eigenvalue weighted by molar-refractivity contribution is 5.48. The number of likely N-dealkylation sites (N-methyl/N-ethyl adjacent to an activating group) is 1. The second kappa shape index (κ2) is 8.37. The number of nitrogens with zero attached hydrogens (tertiary/aromatic N) is 2. The highest BCUT2D eigenvalue weighted by Gasteiger charge is 2.14. The summed E-state index contributed by atoms with van der Waals surface area (Å²) in [7, 11) is 3.89. The van der Waals surface area contributed by atoms with E-state index in [-0.39, 0.29) is 0 Å². The van der Waals surface area contributed by atoms with Gasteiger partial charge in [-0.15, -0.1) is 0 Å². The molecule has 4 heteroatoms. The predicted octanol–water partition coefficient (Wildman–Crippen LogP) is 3.30. The summed E-state index contributed by atoms with van der Waals surface area (Å²) in [4.78, 5) is 4.86. The molecule has 0 amide bonds. The van der Waals surface area contributed by atoms with Crippen LogP contribution in [0.15, 0.2) is 48.5 Å². The maximum absolute atomic E-state index is 5.20. The molecule has 1 saturated heterocycles. The lowest BCUT2D eigenvalue weighted by Gasteiger charge is -2.34. The lowest BCUT2D eigenvalue weighted by Crippen LogP contribution is -2.44. The van der Waals surface area contributed by atoms with Crippen LogP contribution in [0.1, 0.15) is 24.1 Å². The van der Waals surface area contributed by atoms with Crippen molar-refractivity contribution in [1.29, 1.82) is 0 Å². The van der Waals surface area contributed by atoms with Crippen LogP contribution in [0.4, 0.5) is 5.69 Å². The number of piperazine rings is 1. The third-order valence-electron chi connectivity index (χ3n) is 5.03. The second-order valence-corrected chi connectivity index (χ2v) is 6.83. The molecule has 1 fully saturated rings. The van der Waals surface area contributed by atoms with Gasteiger partial charge in [-0.05, 0) is 49.4 Å². The summed E-state index contributed by atoms with van der Waals surface area (Å²) in [5.41, 5.74) is 3.92. The third-order valence-corrected chi connectivity index (χ3v) is 5.03. The van der Waals surface area contributed by atoms with Gasteiger partial charge >= 0.3 is 0 Å². The molecule has 2 aromatic carbocycles. The predicted molar refractivity (Wildman–Crippen MR) is 104 cm³/mol. The van der Waals surface area contributed by atoms with Crippen LogP contribution in [-0.2, 0) is 6.54 Å². The number of ether oxygens (including phenoxy) is 1. The molecule has 0 bridgehead atoms. The summed E-state index contributed by atoms with van der Waals surface area (Å²) in [6, 6.07) is 17.6. The van der Waals surface area contributed by atoms with Crippen LogP contribution in [0.25, 0.3) is 0 Å². The van der Waals surface area contributed by atoms with E-state index in [9.17, 15) is 0 Å². The zero-order chi connectivity index (χ0) is 17.6. The highest BCUT2D eigenvalue weighted by Crippen LogP contribution is 2.21. The molecule has 3 rings (SSSR count). The Morgan fingerprint density at radius 1 is 0.960 bits per heavy atom. The lowest BCUT2D eigenvalue weighted by atomic mass is 10.1. The van der Waals surface area contributed by atoms with Crippen molar-refractivity contribution in [2.75, 3.05) is 45.2 Å². The summed E-state index contributed by atoms with van der Waals surface area (Å²) in [6.07, 6.45) is 0. The van der Waals surface area contributed by atoms with Crippen molar-refractivity contribution >= 4 is 5.69 Å². The zero-order valence-electron chi connectivity index (χ0n) is 15.5. The Morgan fingerprint density at radius 2 is 1.60 bits per heavy atom. The van der Waals surface area contributed by atoms with Gasteiger partial charge in [-0.2, -0.15) is 0 Å². The molecule has 1 unspecified atom stereocenters. The van der Waals surface area contributed by atoms with Gasteiger partial charge in [0, 0.05) is 44.5 Å². The summed E-state index contributed by atoms with van der Waals surface area (Å²) in [5, 5.41) is 3.60. The largest absolute Gasteiger partial charge is 0.497 e. The molecular weight excluding hydrogens is 310 g/mol. The van der Waals surface area contributed by atoms with Gasteiger partial charge in [-0.3, -0.25) is 0 Å². The van der Waals surface area contributed by atoms with E-state index < -0.39 is 0 Å². The van der Waals surface area contributed by atoms with Gasteiger partial charge in [-0.25, -0.2) is 0 Å². The first-order chi connectivity index (χ1) is 12.2. The second-order valence-electron chi connectivity index (χ2n) is 6.83. The zero-order valence-corrected chi connectivity index (χ0v) is 15.5.